The van der Waals surface area contributed by atoms with Crippen LogP contribution in [-0.4, -0.2) is 62.8 Å². The molecule has 0 spiro atoms. The van der Waals surface area contributed by atoms with Crippen LogP contribution < -0.4 is 9.47 Å². The summed E-state index contributed by atoms with van der Waals surface area (Å²) in [4.78, 5) is 19.6. The first-order chi connectivity index (χ1) is 16.9. The molecule has 0 saturated carbocycles. The molecule has 4 aromatic rings. The van der Waals surface area contributed by atoms with E-state index in [0.717, 1.165) is 32.1 Å². The van der Waals surface area contributed by atoms with Crippen LogP contribution in [0.15, 0.2) is 36.7 Å². The van der Waals surface area contributed by atoms with E-state index < -0.39 is 11.6 Å². The zero-order chi connectivity index (χ0) is 24.5. The van der Waals surface area contributed by atoms with Gasteiger partial charge < -0.3 is 18.9 Å². The highest BCUT2D eigenvalue weighted by molar-refractivity contribution is 5.79. The van der Waals surface area contributed by atoms with Crippen molar-refractivity contribution in [3.05, 3.63) is 59.6 Å². The number of imidazole rings is 1. The van der Waals surface area contributed by atoms with Gasteiger partial charge in [-0.25, -0.2) is 13.8 Å². The quantitative estimate of drug-likeness (QED) is 0.413. The molecule has 1 aromatic carbocycles. The molecule has 0 radical (unpaired) electrons. The lowest BCUT2D eigenvalue weighted by Crippen LogP contribution is -2.35. The standard InChI is InChI=1S/C25H26F2N6O2/c1-15-22-24(31-25(29-15)34-3)33(23(30-22)17-10-18(26)13-28-12-17)14-16-4-5-20(11-21(16)27)35-19-6-8-32(2)9-7-19/h4-5,10-13,19H,6-9,14H2,1-3H3. The average Bonchev–Trinajstić information content (AvgIpc) is 3.21. The normalized spacial score (nSPS) is 15.0. The number of benzene rings is 1. The van der Waals surface area contributed by atoms with Crippen molar-refractivity contribution in [3.8, 4) is 23.1 Å². The fourth-order valence-corrected chi connectivity index (χ4v) is 4.30. The van der Waals surface area contributed by atoms with Crippen molar-refractivity contribution in [2.45, 2.75) is 32.4 Å². The van der Waals surface area contributed by atoms with E-state index in [4.69, 9.17) is 9.47 Å². The predicted octanol–water partition coefficient (Wildman–Crippen LogP) is 4.00. The van der Waals surface area contributed by atoms with Crippen molar-refractivity contribution >= 4 is 11.2 Å². The Labute approximate surface area is 201 Å². The zero-order valence-corrected chi connectivity index (χ0v) is 19.8. The second kappa shape index (κ2) is 9.53. The van der Waals surface area contributed by atoms with Gasteiger partial charge >= 0.3 is 6.01 Å². The third-order valence-electron chi connectivity index (χ3n) is 6.22. The Bertz CT molecular complexity index is 1370. The van der Waals surface area contributed by atoms with E-state index in [1.165, 1.54) is 25.4 Å². The van der Waals surface area contributed by atoms with Crippen LogP contribution in [0.3, 0.4) is 0 Å². The van der Waals surface area contributed by atoms with Gasteiger partial charge in [-0.05, 0) is 38.9 Å². The first-order valence-electron chi connectivity index (χ1n) is 11.4. The molecular formula is C25H26F2N6O2. The summed E-state index contributed by atoms with van der Waals surface area (Å²) in [6, 6.07) is 6.39. The number of aryl methyl sites for hydroxylation is 1. The highest BCUT2D eigenvalue weighted by atomic mass is 19.1. The molecule has 1 aliphatic rings. The lowest BCUT2D eigenvalue weighted by Gasteiger charge is -2.29. The van der Waals surface area contributed by atoms with E-state index in [1.54, 1.807) is 23.6 Å². The van der Waals surface area contributed by atoms with E-state index >= 15 is 4.39 Å². The topological polar surface area (TPSA) is 78.2 Å². The maximum absolute atomic E-state index is 15.2. The smallest absolute Gasteiger partial charge is 0.318 e. The maximum Gasteiger partial charge on any atom is 0.318 e. The zero-order valence-electron chi connectivity index (χ0n) is 19.8. The lowest BCUT2D eigenvalue weighted by atomic mass is 10.1. The Morgan fingerprint density at radius 2 is 1.86 bits per heavy atom. The van der Waals surface area contributed by atoms with Gasteiger partial charge in [0.05, 0.1) is 25.5 Å². The Morgan fingerprint density at radius 3 is 2.57 bits per heavy atom. The molecule has 0 bridgehead atoms. The molecule has 10 heteroatoms. The van der Waals surface area contributed by atoms with Crippen LogP contribution in [0.1, 0.15) is 24.1 Å². The van der Waals surface area contributed by atoms with Crippen molar-refractivity contribution in [1.29, 1.82) is 0 Å². The third kappa shape index (κ3) is 4.79. The number of hydrogen-bond acceptors (Lipinski definition) is 7. The molecule has 0 amide bonds. The number of likely N-dealkylation sites (tertiary alicyclic amines) is 1. The summed E-state index contributed by atoms with van der Waals surface area (Å²) in [6.45, 7) is 3.82. The number of methoxy groups -OCH3 is 1. The number of aromatic nitrogens is 5. The monoisotopic (exact) mass is 480 g/mol. The molecule has 1 aliphatic heterocycles. The number of halogens is 2. The summed E-state index contributed by atoms with van der Waals surface area (Å²) in [5, 5.41) is 0. The lowest BCUT2D eigenvalue weighted by molar-refractivity contribution is 0.114. The highest BCUT2D eigenvalue weighted by Crippen LogP contribution is 2.29. The Hall–Kier alpha value is -3.66. The Morgan fingerprint density at radius 1 is 1.06 bits per heavy atom. The number of fused-ring (bicyclic) bond motifs is 1. The predicted molar refractivity (Wildman–Crippen MR) is 126 cm³/mol. The number of pyridine rings is 1. The fraction of sp³-hybridized carbons (Fsp3) is 0.360. The van der Waals surface area contributed by atoms with Crippen LogP contribution in [0, 0.1) is 18.6 Å². The minimum atomic E-state index is -0.497. The first-order valence-corrected chi connectivity index (χ1v) is 11.4. The number of piperidine rings is 1. The molecule has 35 heavy (non-hydrogen) atoms. The summed E-state index contributed by atoms with van der Waals surface area (Å²) in [5.74, 6) is 0.0100. The molecule has 3 aromatic heterocycles. The number of rotatable bonds is 6. The van der Waals surface area contributed by atoms with Crippen LogP contribution in [0.2, 0.25) is 0 Å². The van der Waals surface area contributed by atoms with Crippen LogP contribution in [0.4, 0.5) is 8.78 Å². The number of hydrogen-bond donors (Lipinski definition) is 0. The number of nitrogens with zero attached hydrogens (tertiary/aromatic N) is 6. The van der Waals surface area contributed by atoms with E-state index in [-0.39, 0.29) is 18.7 Å². The largest absolute Gasteiger partial charge is 0.490 e. The Balaban J connectivity index is 1.51. The molecular weight excluding hydrogens is 454 g/mol. The first kappa shape index (κ1) is 23.1. The molecule has 5 rings (SSSR count). The highest BCUT2D eigenvalue weighted by Gasteiger charge is 2.21. The van der Waals surface area contributed by atoms with E-state index in [0.29, 0.717) is 39.6 Å². The Kier molecular flexibility index (Phi) is 6.29. The molecule has 0 N–H and O–H groups in total. The van der Waals surface area contributed by atoms with Gasteiger partial charge in [-0.15, -0.1) is 0 Å². The summed E-state index contributed by atoms with van der Waals surface area (Å²) in [7, 11) is 3.56. The molecule has 1 saturated heterocycles. The van der Waals surface area contributed by atoms with Crippen LogP contribution in [0.25, 0.3) is 22.6 Å². The number of ether oxygens (including phenoxy) is 2. The van der Waals surface area contributed by atoms with Crippen LogP contribution in [-0.2, 0) is 6.54 Å². The molecule has 0 atom stereocenters. The molecule has 1 fully saturated rings. The summed E-state index contributed by atoms with van der Waals surface area (Å²) >= 11 is 0. The van der Waals surface area contributed by atoms with Gasteiger partial charge in [-0.2, -0.15) is 9.97 Å². The van der Waals surface area contributed by atoms with Gasteiger partial charge in [0.2, 0.25) is 0 Å². The molecule has 4 heterocycles. The molecule has 8 nitrogen and oxygen atoms in total. The molecule has 182 valence electrons. The SMILES string of the molecule is COc1nc(C)c2nc(-c3cncc(F)c3)n(Cc3ccc(OC4CCN(C)CC4)cc3F)c2n1. The van der Waals surface area contributed by atoms with Crippen LogP contribution >= 0.6 is 0 Å². The van der Waals surface area contributed by atoms with Gasteiger partial charge in [0.25, 0.3) is 0 Å². The molecule has 0 unspecified atom stereocenters. The van der Waals surface area contributed by atoms with E-state index in [1.807, 2.05) is 0 Å². The minimum absolute atomic E-state index is 0.0771. The van der Waals surface area contributed by atoms with Crippen LogP contribution in [0.5, 0.6) is 11.8 Å². The van der Waals surface area contributed by atoms with Gasteiger partial charge in [-0.1, -0.05) is 6.07 Å². The van der Waals surface area contributed by atoms with Crippen molar-refractivity contribution in [3.63, 3.8) is 0 Å². The summed E-state index contributed by atoms with van der Waals surface area (Å²) < 4.78 is 42.2. The second-order valence-electron chi connectivity index (χ2n) is 8.76. The van der Waals surface area contributed by atoms with Gasteiger partial charge in [-0.3, -0.25) is 4.98 Å². The van der Waals surface area contributed by atoms with Gasteiger partial charge in [0.15, 0.2) is 5.65 Å². The second-order valence-corrected chi connectivity index (χ2v) is 8.76. The van der Waals surface area contributed by atoms with Crippen molar-refractivity contribution in [2.75, 3.05) is 27.2 Å². The fourth-order valence-electron chi connectivity index (χ4n) is 4.30. The van der Waals surface area contributed by atoms with E-state index in [9.17, 15) is 4.39 Å². The van der Waals surface area contributed by atoms with Crippen molar-refractivity contribution in [1.82, 2.24) is 29.4 Å². The third-order valence-corrected chi connectivity index (χ3v) is 6.22. The maximum atomic E-state index is 15.2. The summed E-state index contributed by atoms with van der Waals surface area (Å²) in [6.07, 6.45) is 4.52. The van der Waals surface area contributed by atoms with Crippen molar-refractivity contribution in [2.24, 2.45) is 0 Å². The minimum Gasteiger partial charge on any atom is -0.490 e. The molecule has 0 aliphatic carbocycles. The van der Waals surface area contributed by atoms with Crippen molar-refractivity contribution < 1.29 is 18.3 Å². The van der Waals surface area contributed by atoms with Gasteiger partial charge in [0, 0.05) is 36.5 Å². The van der Waals surface area contributed by atoms with E-state index in [2.05, 4.69) is 31.9 Å². The summed E-state index contributed by atoms with van der Waals surface area (Å²) in [5.41, 5.74) is 2.44. The van der Waals surface area contributed by atoms with Gasteiger partial charge in [0.1, 0.15) is 34.8 Å². The average molecular weight is 481 g/mol.